The van der Waals surface area contributed by atoms with Crippen molar-refractivity contribution in [3.63, 3.8) is 0 Å². The van der Waals surface area contributed by atoms with Crippen molar-refractivity contribution in [2.24, 2.45) is 11.3 Å². The Labute approximate surface area is 180 Å². The number of aromatic hydroxyl groups is 1. The molecule has 3 atom stereocenters. The van der Waals surface area contributed by atoms with Crippen LogP contribution in [0.2, 0.25) is 0 Å². The van der Waals surface area contributed by atoms with Gasteiger partial charge in [-0.25, -0.2) is 0 Å². The fourth-order valence-corrected chi connectivity index (χ4v) is 7.40. The van der Waals surface area contributed by atoms with Gasteiger partial charge in [-0.2, -0.15) is 0 Å². The number of phenols is 1. The molecule has 0 unspecified atom stereocenters. The van der Waals surface area contributed by atoms with Gasteiger partial charge in [-0.15, -0.1) is 0 Å². The lowest BCUT2D eigenvalue weighted by Crippen LogP contribution is -2.69. The molecular formula is C28H33NO. The van der Waals surface area contributed by atoms with Crippen molar-refractivity contribution in [2.45, 2.75) is 62.8 Å². The van der Waals surface area contributed by atoms with E-state index in [1.54, 1.807) is 0 Å². The maximum absolute atomic E-state index is 10.5. The Morgan fingerprint density at radius 3 is 2.70 bits per heavy atom. The monoisotopic (exact) mass is 399 g/mol. The molecule has 1 N–H and O–H groups in total. The number of allylic oxidation sites excluding steroid dienone is 1. The highest BCUT2D eigenvalue weighted by atomic mass is 16.3. The van der Waals surface area contributed by atoms with E-state index in [1.807, 2.05) is 6.07 Å². The molecule has 2 heteroatoms. The van der Waals surface area contributed by atoms with Crippen molar-refractivity contribution in [1.82, 2.24) is 4.90 Å². The average molecular weight is 400 g/mol. The number of hydrogen-bond acceptors (Lipinski definition) is 2. The van der Waals surface area contributed by atoms with E-state index in [9.17, 15) is 5.11 Å². The number of likely N-dealkylation sites (tertiary alicyclic amines) is 1. The third-order valence-electron chi connectivity index (χ3n) is 8.91. The molecular weight excluding hydrogens is 366 g/mol. The molecule has 1 heterocycles. The van der Waals surface area contributed by atoms with Gasteiger partial charge in [0.15, 0.2) is 0 Å². The summed E-state index contributed by atoms with van der Waals surface area (Å²) < 4.78 is 0. The lowest BCUT2D eigenvalue weighted by Gasteiger charge is -2.67. The molecule has 0 amide bonds. The smallest absolute Gasteiger partial charge is 0.115 e. The molecule has 6 rings (SSSR count). The molecule has 1 saturated heterocycles. The second-order valence-corrected chi connectivity index (χ2v) is 10.6. The molecule has 4 aliphatic rings. The SMILES string of the molecule is C=C1CC[C@@]2(Cc3ccccc3)[C@H]3Cc4ccc(O)cc4[C@@]2(CCN3CC2CC2)C1. The number of rotatable bonds is 4. The first-order valence-corrected chi connectivity index (χ1v) is 11.9. The van der Waals surface area contributed by atoms with Crippen LogP contribution in [0.15, 0.2) is 60.7 Å². The third kappa shape index (κ3) is 2.73. The standard InChI is InChI=1S/C28H33NO/c1-20-11-12-28(18-21-5-3-2-4-6-21)26-15-23-9-10-24(30)16-25(23)27(28,17-20)13-14-29(26)19-22-7-8-22/h2-6,9-10,16,22,26,30H,1,7-8,11-15,17-19H2/t26-,27-,28-/m1/s1. The first-order valence-electron chi connectivity index (χ1n) is 11.9. The van der Waals surface area contributed by atoms with Crippen LogP contribution < -0.4 is 0 Å². The van der Waals surface area contributed by atoms with Gasteiger partial charge >= 0.3 is 0 Å². The van der Waals surface area contributed by atoms with E-state index in [1.165, 1.54) is 61.0 Å². The minimum atomic E-state index is 0.106. The van der Waals surface area contributed by atoms with Crippen molar-refractivity contribution in [2.75, 3.05) is 13.1 Å². The fraction of sp³-hybridized carbons (Fsp3) is 0.500. The van der Waals surface area contributed by atoms with Crippen LogP contribution in [0.3, 0.4) is 0 Å². The third-order valence-corrected chi connectivity index (χ3v) is 8.91. The minimum Gasteiger partial charge on any atom is -0.508 e. The van der Waals surface area contributed by atoms with E-state index in [0.29, 0.717) is 11.8 Å². The van der Waals surface area contributed by atoms with Gasteiger partial charge in [0.05, 0.1) is 0 Å². The van der Waals surface area contributed by atoms with E-state index in [2.05, 4.69) is 53.9 Å². The average Bonchev–Trinajstić information content (AvgIpc) is 3.56. The summed E-state index contributed by atoms with van der Waals surface area (Å²) in [6.45, 7) is 6.96. The van der Waals surface area contributed by atoms with Crippen LogP contribution in [0.25, 0.3) is 0 Å². The van der Waals surface area contributed by atoms with Gasteiger partial charge in [0.25, 0.3) is 0 Å². The molecule has 30 heavy (non-hydrogen) atoms. The topological polar surface area (TPSA) is 23.5 Å². The van der Waals surface area contributed by atoms with Crippen molar-refractivity contribution in [3.05, 3.63) is 77.4 Å². The number of fused-ring (bicyclic) bond motifs is 1. The van der Waals surface area contributed by atoms with Crippen molar-refractivity contribution in [3.8, 4) is 5.75 Å². The van der Waals surface area contributed by atoms with Crippen LogP contribution in [0.4, 0.5) is 0 Å². The van der Waals surface area contributed by atoms with Crippen molar-refractivity contribution in [1.29, 1.82) is 0 Å². The summed E-state index contributed by atoms with van der Waals surface area (Å²) >= 11 is 0. The van der Waals surface area contributed by atoms with Crippen LogP contribution in [0, 0.1) is 11.3 Å². The van der Waals surface area contributed by atoms with Gasteiger partial charge in [0, 0.05) is 23.4 Å². The van der Waals surface area contributed by atoms with Crippen LogP contribution in [0.5, 0.6) is 5.75 Å². The summed E-state index contributed by atoms with van der Waals surface area (Å²) in [4.78, 5) is 2.88. The lowest BCUT2D eigenvalue weighted by molar-refractivity contribution is -0.0869. The van der Waals surface area contributed by atoms with Gasteiger partial charge in [-0.05, 0) is 92.7 Å². The zero-order valence-corrected chi connectivity index (χ0v) is 17.9. The van der Waals surface area contributed by atoms with E-state index in [0.717, 1.165) is 31.6 Å². The fourth-order valence-electron chi connectivity index (χ4n) is 7.40. The van der Waals surface area contributed by atoms with Crippen LogP contribution in [-0.4, -0.2) is 29.1 Å². The summed E-state index contributed by atoms with van der Waals surface area (Å²) in [6.07, 6.45) is 9.76. The Morgan fingerprint density at radius 1 is 1.07 bits per heavy atom. The van der Waals surface area contributed by atoms with Gasteiger partial charge in [0.1, 0.15) is 5.75 Å². The van der Waals surface area contributed by atoms with E-state index < -0.39 is 0 Å². The number of phenolic OH excluding ortho intramolecular Hbond substituents is 1. The first kappa shape index (κ1) is 18.7. The maximum Gasteiger partial charge on any atom is 0.115 e. The van der Waals surface area contributed by atoms with Crippen LogP contribution in [-0.2, 0) is 18.3 Å². The normalized spacial score (nSPS) is 33.1. The van der Waals surface area contributed by atoms with Gasteiger partial charge in [0.2, 0.25) is 0 Å². The molecule has 2 bridgehead atoms. The first-order chi connectivity index (χ1) is 14.6. The second-order valence-electron chi connectivity index (χ2n) is 10.6. The number of piperidine rings is 1. The zero-order valence-electron chi connectivity index (χ0n) is 17.9. The molecule has 3 aliphatic carbocycles. The molecule has 0 aromatic heterocycles. The van der Waals surface area contributed by atoms with E-state index in [-0.39, 0.29) is 10.8 Å². The predicted molar refractivity (Wildman–Crippen MR) is 122 cm³/mol. The summed E-state index contributed by atoms with van der Waals surface area (Å²) in [5.41, 5.74) is 6.11. The molecule has 0 radical (unpaired) electrons. The molecule has 1 aliphatic heterocycles. The molecule has 2 saturated carbocycles. The Kier molecular flexibility index (Phi) is 4.19. The Balaban J connectivity index is 1.54. The molecule has 2 aromatic carbocycles. The quantitative estimate of drug-likeness (QED) is 0.673. The van der Waals surface area contributed by atoms with Crippen molar-refractivity contribution >= 4 is 0 Å². The highest BCUT2D eigenvalue weighted by Crippen LogP contribution is 2.65. The Morgan fingerprint density at radius 2 is 1.90 bits per heavy atom. The molecule has 2 aromatic rings. The van der Waals surface area contributed by atoms with E-state index in [4.69, 9.17) is 0 Å². The molecule has 2 nitrogen and oxygen atoms in total. The van der Waals surface area contributed by atoms with E-state index >= 15 is 0 Å². The van der Waals surface area contributed by atoms with Crippen LogP contribution in [0.1, 0.15) is 55.2 Å². The van der Waals surface area contributed by atoms with Gasteiger partial charge in [-0.3, -0.25) is 4.90 Å². The molecule has 0 spiro atoms. The van der Waals surface area contributed by atoms with Gasteiger partial charge < -0.3 is 5.11 Å². The highest BCUT2D eigenvalue weighted by Gasteiger charge is 2.64. The Hall–Kier alpha value is -2.06. The second kappa shape index (κ2) is 6.72. The Bertz CT molecular complexity index is 977. The number of nitrogens with zero attached hydrogens (tertiary/aromatic N) is 1. The maximum atomic E-state index is 10.5. The zero-order chi connectivity index (χ0) is 20.3. The molecule has 156 valence electrons. The summed E-state index contributed by atoms with van der Waals surface area (Å²) in [7, 11) is 0. The molecule has 3 fully saturated rings. The van der Waals surface area contributed by atoms with Gasteiger partial charge in [-0.1, -0.05) is 48.6 Å². The van der Waals surface area contributed by atoms with Crippen LogP contribution >= 0.6 is 0 Å². The summed E-state index contributed by atoms with van der Waals surface area (Å²) in [5.74, 6) is 1.35. The summed E-state index contributed by atoms with van der Waals surface area (Å²) in [5, 5.41) is 10.5. The summed E-state index contributed by atoms with van der Waals surface area (Å²) in [6, 6.07) is 18.0. The minimum absolute atomic E-state index is 0.106. The predicted octanol–water partition coefficient (Wildman–Crippen LogP) is 5.64. The number of hydrogen-bond donors (Lipinski definition) is 1. The number of benzene rings is 2. The van der Waals surface area contributed by atoms with Crippen molar-refractivity contribution < 1.29 is 5.11 Å². The lowest BCUT2D eigenvalue weighted by atomic mass is 9.42. The highest BCUT2D eigenvalue weighted by molar-refractivity contribution is 5.49. The largest absolute Gasteiger partial charge is 0.508 e.